The zero-order valence-corrected chi connectivity index (χ0v) is 12.8. The third kappa shape index (κ3) is 3.82. The van der Waals surface area contributed by atoms with Crippen LogP contribution in [0.25, 0.3) is 0 Å². The van der Waals surface area contributed by atoms with Crippen LogP contribution < -0.4 is 10.5 Å². The van der Waals surface area contributed by atoms with Crippen molar-refractivity contribution in [2.75, 3.05) is 0 Å². The molecule has 0 aliphatic carbocycles. The molecule has 0 bridgehead atoms. The second kappa shape index (κ2) is 6.22. The molecule has 0 saturated heterocycles. The van der Waals surface area contributed by atoms with Gasteiger partial charge in [-0.25, -0.2) is 0 Å². The van der Waals surface area contributed by atoms with Gasteiger partial charge in [-0.3, -0.25) is 0 Å². The Morgan fingerprint density at radius 3 is 2.53 bits per heavy atom. The Hall–Kier alpha value is -1.32. The number of halogens is 1. The molecule has 2 rings (SSSR count). The first-order valence-corrected chi connectivity index (χ1v) is 7.13. The van der Waals surface area contributed by atoms with Crippen LogP contribution >= 0.6 is 15.9 Å². The molecule has 2 aromatic rings. The summed E-state index contributed by atoms with van der Waals surface area (Å²) in [7, 11) is 0. The van der Waals surface area contributed by atoms with Crippen LogP contribution in [0.2, 0.25) is 0 Å². The summed E-state index contributed by atoms with van der Waals surface area (Å²) in [5, 5.41) is 0. The average molecular weight is 320 g/mol. The Kier molecular flexibility index (Phi) is 4.61. The van der Waals surface area contributed by atoms with Crippen molar-refractivity contribution in [3.05, 3.63) is 58.1 Å². The minimum absolute atomic E-state index is 0.175. The normalized spacial score (nSPS) is 12.2. The molecular formula is C16H18BrNO. The van der Waals surface area contributed by atoms with Gasteiger partial charge in [0.05, 0.1) is 4.47 Å². The predicted molar refractivity (Wildman–Crippen MR) is 82.7 cm³/mol. The second-order valence-corrected chi connectivity index (χ2v) is 5.67. The van der Waals surface area contributed by atoms with E-state index in [0.29, 0.717) is 0 Å². The van der Waals surface area contributed by atoms with E-state index >= 15 is 0 Å². The molecule has 100 valence electrons. The number of hydrogen-bond donors (Lipinski definition) is 1. The van der Waals surface area contributed by atoms with Gasteiger partial charge in [0, 0.05) is 6.04 Å². The Morgan fingerprint density at radius 2 is 1.89 bits per heavy atom. The van der Waals surface area contributed by atoms with Crippen LogP contribution in [0.4, 0.5) is 0 Å². The molecule has 3 heteroatoms. The van der Waals surface area contributed by atoms with Gasteiger partial charge in [-0.2, -0.15) is 0 Å². The first-order chi connectivity index (χ1) is 9.06. The zero-order chi connectivity index (χ0) is 13.8. The number of nitrogens with two attached hydrogens (primary N) is 1. The van der Waals surface area contributed by atoms with Crippen molar-refractivity contribution >= 4 is 15.9 Å². The molecule has 0 aliphatic heterocycles. The van der Waals surface area contributed by atoms with E-state index in [9.17, 15) is 0 Å². The Bertz CT molecular complexity index is 566. The van der Waals surface area contributed by atoms with Gasteiger partial charge in [0.15, 0.2) is 0 Å². The summed E-state index contributed by atoms with van der Waals surface area (Å²) in [6.07, 6.45) is 0.885. The van der Waals surface area contributed by atoms with Gasteiger partial charge in [-0.1, -0.05) is 24.3 Å². The van der Waals surface area contributed by atoms with Gasteiger partial charge >= 0.3 is 0 Å². The molecule has 0 spiro atoms. The smallest absolute Gasteiger partial charge is 0.141 e. The third-order valence-corrected chi connectivity index (χ3v) is 3.51. The van der Waals surface area contributed by atoms with E-state index in [1.807, 2.05) is 37.3 Å². The fourth-order valence-corrected chi connectivity index (χ4v) is 2.34. The van der Waals surface area contributed by atoms with Crippen molar-refractivity contribution in [3.8, 4) is 11.5 Å². The van der Waals surface area contributed by atoms with Crippen LogP contribution in [-0.2, 0) is 6.42 Å². The summed E-state index contributed by atoms with van der Waals surface area (Å²) in [5.74, 6) is 1.70. The monoisotopic (exact) mass is 319 g/mol. The summed E-state index contributed by atoms with van der Waals surface area (Å²) in [6.45, 7) is 4.07. The summed E-state index contributed by atoms with van der Waals surface area (Å²) in [5.41, 5.74) is 8.18. The van der Waals surface area contributed by atoms with E-state index in [4.69, 9.17) is 10.5 Å². The van der Waals surface area contributed by atoms with Gasteiger partial charge in [-0.15, -0.1) is 0 Å². The van der Waals surface area contributed by atoms with Gasteiger partial charge in [0.25, 0.3) is 0 Å². The summed E-state index contributed by atoms with van der Waals surface area (Å²) < 4.78 is 6.87. The number of hydrogen-bond acceptors (Lipinski definition) is 2. The molecule has 0 saturated carbocycles. The van der Waals surface area contributed by atoms with Crippen molar-refractivity contribution in [2.45, 2.75) is 26.3 Å². The van der Waals surface area contributed by atoms with Crippen LogP contribution in [0.5, 0.6) is 11.5 Å². The van der Waals surface area contributed by atoms with Gasteiger partial charge < -0.3 is 10.5 Å². The quantitative estimate of drug-likeness (QED) is 0.904. The predicted octanol–water partition coefficient (Wildman–Crippen LogP) is 4.44. The van der Waals surface area contributed by atoms with E-state index in [0.717, 1.165) is 28.0 Å². The largest absolute Gasteiger partial charge is 0.456 e. The molecule has 0 amide bonds. The van der Waals surface area contributed by atoms with Crippen LogP contribution in [-0.4, -0.2) is 6.04 Å². The topological polar surface area (TPSA) is 35.2 Å². The highest BCUT2D eigenvalue weighted by atomic mass is 79.9. The van der Waals surface area contributed by atoms with Crippen LogP contribution in [0.1, 0.15) is 18.1 Å². The molecule has 0 radical (unpaired) electrons. The minimum Gasteiger partial charge on any atom is -0.456 e. The molecule has 1 unspecified atom stereocenters. The Morgan fingerprint density at radius 1 is 1.16 bits per heavy atom. The fourth-order valence-electron chi connectivity index (χ4n) is 1.97. The second-order valence-electron chi connectivity index (χ2n) is 4.81. The standard InChI is InChI=1S/C16H18BrNO/c1-11-9-13(10-12(2)18)7-8-15(11)19-16-6-4-3-5-14(16)17/h3-9,12H,10,18H2,1-2H3. The van der Waals surface area contributed by atoms with Crippen molar-refractivity contribution in [3.63, 3.8) is 0 Å². The summed E-state index contributed by atoms with van der Waals surface area (Å²) in [6, 6.07) is 14.2. The maximum absolute atomic E-state index is 5.92. The molecule has 19 heavy (non-hydrogen) atoms. The minimum atomic E-state index is 0.175. The maximum Gasteiger partial charge on any atom is 0.141 e. The molecule has 0 aromatic heterocycles. The molecule has 2 nitrogen and oxygen atoms in total. The lowest BCUT2D eigenvalue weighted by atomic mass is 10.0. The highest BCUT2D eigenvalue weighted by Crippen LogP contribution is 2.31. The molecule has 2 N–H and O–H groups in total. The van der Waals surface area contributed by atoms with Gasteiger partial charge in [0.1, 0.15) is 11.5 Å². The lowest BCUT2D eigenvalue weighted by Crippen LogP contribution is -2.17. The SMILES string of the molecule is Cc1cc(CC(C)N)ccc1Oc1ccccc1Br. The van der Waals surface area contributed by atoms with E-state index in [-0.39, 0.29) is 6.04 Å². The van der Waals surface area contributed by atoms with E-state index in [1.54, 1.807) is 0 Å². The zero-order valence-electron chi connectivity index (χ0n) is 11.2. The van der Waals surface area contributed by atoms with Gasteiger partial charge in [0.2, 0.25) is 0 Å². The molecular weight excluding hydrogens is 302 g/mol. The molecule has 1 atom stereocenters. The Labute approximate surface area is 122 Å². The highest BCUT2D eigenvalue weighted by Gasteiger charge is 2.06. The average Bonchev–Trinajstić information content (AvgIpc) is 2.34. The number of aryl methyl sites for hydroxylation is 1. The van der Waals surface area contributed by atoms with Crippen molar-refractivity contribution in [1.29, 1.82) is 0 Å². The van der Waals surface area contributed by atoms with Crippen LogP contribution in [0.15, 0.2) is 46.9 Å². The number of ether oxygens (including phenoxy) is 1. The fraction of sp³-hybridized carbons (Fsp3) is 0.250. The van der Waals surface area contributed by atoms with Crippen molar-refractivity contribution < 1.29 is 4.74 Å². The Balaban J connectivity index is 2.20. The summed E-state index contributed by atoms with van der Waals surface area (Å²) in [4.78, 5) is 0. The highest BCUT2D eigenvalue weighted by molar-refractivity contribution is 9.10. The summed E-state index contributed by atoms with van der Waals surface area (Å²) >= 11 is 3.48. The van der Waals surface area contributed by atoms with E-state index in [1.165, 1.54) is 5.56 Å². The number of benzene rings is 2. The third-order valence-electron chi connectivity index (χ3n) is 2.85. The lowest BCUT2D eigenvalue weighted by Gasteiger charge is -2.12. The molecule has 0 heterocycles. The molecule has 0 fully saturated rings. The van der Waals surface area contributed by atoms with Crippen molar-refractivity contribution in [2.24, 2.45) is 5.73 Å². The first-order valence-electron chi connectivity index (χ1n) is 6.34. The molecule has 2 aromatic carbocycles. The van der Waals surface area contributed by atoms with E-state index in [2.05, 4.69) is 35.0 Å². The lowest BCUT2D eigenvalue weighted by molar-refractivity contribution is 0.475. The number of rotatable bonds is 4. The van der Waals surface area contributed by atoms with Crippen LogP contribution in [0.3, 0.4) is 0 Å². The number of para-hydroxylation sites is 1. The van der Waals surface area contributed by atoms with Crippen LogP contribution in [0, 0.1) is 6.92 Å². The van der Waals surface area contributed by atoms with Crippen molar-refractivity contribution in [1.82, 2.24) is 0 Å². The first kappa shape index (κ1) is 14.1. The van der Waals surface area contributed by atoms with Gasteiger partial charge in [-0.05, 0) is 65.5 Å². The maximum atomic E-state index is 5.92. The van der Waals surface area contributed by atoms with E-state index < -0.39 is 0 Å². The molecule has 0 aliphatic rings.